The molecule has 5 nitrogen and oxygen atoms in total. The van der Waals surface area contributed by atoms with Crippen molar-refractivity contribution >= 4 is 6.09 Å². The molecule has 4 N–H and O–H groups in total. The number of nitrogens with two attached hydrogens (primary N) is 1. The number of phenolic OH excluding ortho intramolecular Hbond substituents is 1. The number of nitrogens with one attached hydrogen (secondary N) is 1. The first-order chi connectivity index (χ1) is 7.22. The average molecular weight is 210 g/mol. The first kappa shape index (κ1) is 11.3. The van der Waals surface area contributed by atoms with Crippen LogP contribution in [0.3, 0.4) is 0 Å². The summed E-state index contributed by atoms with van der Waals surface area (Å²) in [7, 11) is 0. The molecule has 0 aliphatic heterocycles. The Bertz CT molecular complexity index is 328. The van der Waals surface area contributed by atoms with Crippen LogP contribution in [0.2, 0.25) is 0 Å². The number of aromatic hydroxyl groups is 1. The molecule has 0 aliphatic rings. The molecule has 0 radical (unpaired) electrons. The van der Waals surface area contributed by atoms with Crippen molar-refractivity contribution in [2.24, 2.45) is 5.73 Å². The van der Waals surface area contributed by atoms with Crippen LogP contribution in [-0.2, 0) is 0 Å². The summed E-state index contributed by atoms with van der Waals surface area (Å²) in [6.07, 6.45) is 0.156. The predicted molar refractivity (Wildman–Crippen MR) is 55.8 cm³/mol. The molecule has 0 saturated carbocycles. The zero-order valence-corrected chi connectivity index (χ0v) is 8.27. The van der Waals surface area contributed by atoms with Crippen LogP contribution in [0.25, 0.3) is 0 Å². The number of benzene rings is 1. The van der Waals surface area contributed by atoms with Crippen LogP contribution in [-0.4, -0.2) is 24.3 Å². The maximum absolute atomic E-state index is 11.1. The van der Waals surface area contributed by atoms with Gasteiger partial charge >= 0.3 is 6.09 Å². The van der Waals surface area contributed by atoms with Gasteiger partial charge in [-0.25, -0.2) is 4.79 Å². The van der Waals surface area contributed by atoms with Crippen molar-refractivity contribution in [3.8, 4) is 11.5 Å². The summed E-state index contributed by atoms with van der Waals surface area (Å²) >= 11 is 0. The summed E-state index contributed by atoms with van der Waals surface area (Å²) in [6.45, 7) is 1.00. The highest BCUT2D eigenvalue weighted by atomic mass is 16.6. The minimum Gasteiger partial charge on any atom is -0.508 e. The van der Waals surface area contributed by atoms with E-state index in [9.17, 15) is 4.79 Å². The molecule has 0 bridgehead atoms. The zero-order valence-electron chi connectivity index (χ0n) is 8.27. The van der Waals surface area contributed by atoms with Gasteiger partial charge in [0.2, 0.25) is 0 Å². The van der Waals surface area contributed by atoms with E-state index < -0.39 is 6.09 Å². The van der Waals surface area contributed by atoms with Gasteiger partial charge in [0.15, 0.2) is 0 Å². The molecule has 0 spiro atoms. The van der Waals surface area contributed by atoms with E-state index in [4.69, 9.17) is 15.6 Å². The molecule has 1 aromatic rings. The average Bonchev–Trinajstić information content (AvgIpc) is 2.18. The highest BCUT2D eigenvalue weighted by Crippen LogP contribution is 2.17. The van der Waals surface area contributed by atoms with E-state index in [1.165, 1.54) is 12.1 Å². The maximum Gasteiger partial charge on any atom is 0.412 e. The Labute approximate surface area is 87.9 Å². The third-order valence-corrected chi connectivity index (χ3v) is 1.68. The largest absolute Gasteiger partial charge is 0.508 e. The molecular formula is C10H14N2O3. The molecule has 82 valence electrons. The highest BCUT2D eigenvalue weighted by molar-refractivity contribution is 5.70. The van der Waals surface area contributed by atoms with Crippen LogP contribution in [0.1, 0.15) is 6.42 Å². The van der Waals surface area contributed by atoms with E-state index in [0.717, 1.165) is 0 Å². The fourth-order valence-corrected chi connectivity index (χ4v) is 0.983. The highest BCUT2D eigenvalue weighted by Gasteiger charge is 2.03. The first-order valence-corrected chi connectivity index (χ1v) is 4.67. The summed E-state index contributed by atoms with van der Waals surface area (Å²) in [5.41, 5.74) is 5.26. The molecule has 0 fully saturated rings. The summed E-state index contributed by atoms with van der Waals surface area (Å²) in [5, 5.41) is 11.6. The number of carbonyl (C=O) groups is 1. The van der Waals surface area contributed by atoms with Crippen molar-refractivity contribution in [3.63, 3.8) is 0 Å². The van der Waals surface area contributed by atoms with Crippen molar-refractivity contribution in [3.05, 3.63) is 24.3 Å². The molecule has 0 heterocycles. The van der Waals surface area contributed by atoms with Gasteiger partial charge in [-0.1, -0.05) is 6.07 Å². The molecule has 0 unspecified atom stereocenters. The van der Waals surface area contributed by atoms with Crippen molar-refractivity contribution in [1.82, 2.24) is 5.32 Å². The van der Waals surface area contributed by atoms with E-state index >= 15 is 0 Å². The predicted octanol–water partition coefficient (Wildman–Crippen LogP) is 0.829. The fourth-order valence-electron chi connectivity index (χ4n) is 0.983. The summed E-state index contributed by atoms with van der Waals surface area (Å²) in [4.78, 5) is 11.1. The molecular weight excluding hydrogens is 196 g/mol. The van der Waals surface area contributed by atoms with Crippen molar-refractivity contribution < 1.29 is 14.6 Å². The van der Waals surface area contributed by atoms with Gasteiger partial charge in [0.1, 0.15) is 11.5 Å². The van der Waals surface area contributed by atoms with Crippen LogP contribution in [0.4, 0.5) is 4.79 Å². The van der Waals surface area contributed by atoms with Crippen LogP contribution in [0, 0.1) is 0 Å². The van der Waals surface area contributed by atoms with Crippen molar-refractivity contribution in [1.29, 1.82) is 0 Å². The monoisotopic (exact) mass is 210 g/mol. The molecule has 0 atom stereocenters. The number of amides is 1. The molecule has 15 heavy (non-hydrogen) atoms. The molecule has 1 aromatic carbocycles. The smallest absolute Gasteiger partial charge is 0.412 e. The zero-order chi connectivity index (χ0) is 11.1. The van der Waals surface area contributed by atoms with Gasteiger partial charge < -0.3 is 20.9 Å². The second kappa shape index (κ2) is 5.87. The van der Waals surface area contributed by atoms with E-state index in [-0.39, 0.29) is 5.75 Å². The quantitative estimate of drug-likeness (QED) is 0.642. The van der Waals surface area contributed by atoms with Gasteiger partial charge in [-0.15, -0.1) is 0 Å². The van der Waals surface area contributed by atoms with E-state index in [1.807, 2.05) is 0 Å². The lowest BCUT2D eigenvalue weighted by molar-refractivity contribution is 0.200. The lowest BCUT2D eigenvalue weighted by Gasteiger charge is -2.05. The second-order valence-electron chi connectivity index (χ2n) is 2.96. The molecule has 1 rings (SSSR count). The number of ether oxygens (including phenoxy) is 1. The SMILES string of the molecule is NCCCNC(=O)Oc1cccc(O)c1. The van der Waals surface area contributed by atoms with Gasteiger partial charge in [-0.2, -0.15) is 0 Å². The van der Waals surface area contributed by atoms with E-state index in [1.54, 1.807) is 12.1 Å². The Hall–Kier alpha value is -1.75. The van der Waals surface area contributed by atoms with Gasteiger partial charge in [-0.05, 0) is 25.1 Å². The Morgan fingerprint density at radius 1 is 1.53 bits per heavy atom. The summed E-state index contributed by atoms with van der Waals surface area (Å²) in [5.74, 6) is 0.363. The lowest BCUT2D eigenvalue weighted by Crippen LogP contribution is -2.28. The second-order valence-corrected chi connectivity index (χ2v) is 2.96. The molecule has 5 heteroatoms. The fraction of sp³-hybridized carbons (Fsp3) is 0.300. The Morgan fingerprint density at radius 3 is 3.00 bits per heavy atom. The van der Waals surface area contributed by atoms with E-state index in [0.29, 0.717) is 25.3 Å². The number of carbonyl (C=O) groups excluding carboxylic acids is 1. The number of hydrogen-bond acceptors (Lipinski definition) is 4. The number of hydrogen-bond donors (Lipinski definition) is 3. The summed E-state index contributed by atoms with van der Waals surface area (Å²) < 4.78 is 4.89. The van der Waals surface area contributed by atoms with Crippen LogP contribution in [0.5, 0.6) is 11.5 Å². The molecule has 0 aromatic heterocycles. The maximum atomic E-state index is 11.1. The Kier molecular flexibility index (Phi) is 4.43. The van der Waals surface area contributed by atoms with Crippen LogP contribution in [0.15, 0.2) is 24.3 Å². The van der Waals surface area contributed by atoms with Gasteiger partial charge in [0, 0.05) is 12.6 Å². The van der Waals surface area contributed by atoms with E-state index in [2.05, 4.69) is 5.32 Å². The normalized spacial score (nSPS) is 9.67. The first-order valence-electron chi connectivity index (χ1n) is 4.67. The molecule has 1 amide bonds. The van der Waals surface area contributed by atoms with Gasteiger partial charge in [-0.3, -0.25) is 0 Å². The van der Waals surface area contributed by atoms with Gasteiger partial charge in [0.25, 0.3) is 0 Å². The molecule has 0 aliphatic carbocycles. The number of phenols is 1. The van der Waals surface area contributed by atoms with Crippen molar-refractivity contribution in [2.45, 2.75) is 6.42 Å². The summed E-state index contributed by atoms with van der Waals surface area (Å²) in [6, 6.07) is 6.04. The van der Waals surface area contributed by atoms with Crippen molar-refractivity contribution in [2.75, 3.05) is 13.1 Å². The minimum atomic E-state index is -0.547. The minimum absolute atomic E-state index is 0.0576. The molecule has 0 saturated heterocycles. The topological polar surface area (TPSA) is 84.6 Å². The Morgan fingerprint density at radius 2 is 2.33 bits per heavy atom. The van der Waals surface area contributed by atoms with Crippen LogP contribution < -0.4 is 15.8 Å². The third kappa shape index (κ3) is 4.33. The Balaban J connectivity index is 2.37. The standard InChI is InChI=1S/C10H14N2O3/c11-5-2-6-12-10(14)15-9-4-1-3-8(13)7-9/h1,3-4,7,13H,2,5-6,11H2,(H,12,14). The van der Waals surface area contributed by atoms with Gasteiger partial charge in [0.05, 0.1) is 0 Å². The third-order valence-electron chi connectivity index (χ3n) is 1.68. The number of rotatable bonds is 4. The lowest BCUT2D eigenvalue weighted by atomic mass is 10.3. The van der Waals surface area contributed by atoms with Crippen LogP contribution >= 0.6 is 0 Å².